The SMILES string of the molecule is C/C=C\C(=O)Oc1ccc[nH]c1=O. The summed E-state index contributed by atoms with van der Waals surface area (Å²) in [6.07, 6.45) is 4.25. The normalized spacial score (nSPS) is 10.2. The first-order valence-corrected chi connectivity index (χ1v) is 3.76. The Hall–Kier alpha value is -1.84. The molecule has 1 aromatic rings. The number of esters is 1. The van der Waals surface area contributed by atoms with Gasteiger partial charge in [-0.2, -0.15) is 0 Å². The molecule has 0 bridgehead atoms. The number of carbonyl (C=O) groups excluding carboxylic acids is 1. The second-order valence-electron chi connectivity index (χ2n) is 2.28. The van der Waals surface area contributed by atoms with Gasteiger partial charge in [-0.05, 0) is 19.1 Å². The quantitative estimate of drug-likeness (QED) is 0.541. The van der Waals surface area contributed by atoms with Gasteiger partial charge in [0.25, 0.3) is 5.56 Å². The molecule has 13 heavy (non-hydrogen) atoms. The molecule has 0 amide bonds. The molecule has 4 heteroatoms. The van der Waals surface area contributed by atoms with Gasteiger partial charge in [0.15, 0.2) is 5.75 Å². The minimum atomic E-state index is -0.556. The molecule has 0 aliphatic heterocycles. The van der Waals surface area contributed by atoms with Gasteiger partial charge in [-0.15, -0.1) is 0 Å². The molecule has 1 aromatic heterocycles. The molecule has 4 nitrogen and oxygen atoms in total. The lowest BCUT2D eigenvalue weighted by atomic mass is 10.4. The summed E-state index contributed by atoms with van der Waals surface area (Å²) in [7, 11) is 0. The molecule has 0 unspecified atom stereocenters. The predicted octanol–water partition coefficient (Wildman–Crippen LogP) is 0.856. The monoisotopic (exact) mass is 179 g/mol. The lowest BCUT2D eigenvalue weighted by Crippen LogP contribution is -2.13. The van der Waals surface area contributed by atoms with E-state index in [4.69, 9.17) is 4.74 Å². The van der Waals surface area contributed by atoms with Crippen molar-refractivity contribution in [3.05, 3.63) is 40.8 Å². The van der Waals surface area contributed by atoms with Crippen molar-refractivity contribution >= 4 is 5.97 Å². The zero-order valence-corrected chi connectivity index (χ0v) is 7.11. The Morgan fingerprint density at radius 3 is 3.00 bits per heavy atom. The third-order valence-electron chi connectivity index (χ3n) is 1.30. The molecule has 0 saturated carbocycles. The zero-order valence-electron chi connectivity index (χ0n) is 7.11. The van der Waals surface area contributed by atoms with Crippen LogP contribution in [0.25, 0.3) is 0 Å². The van der Waals surface area contributed by atoms with E-state index in [-0.39, 0.29) is 5.75 Å². The fourth-order valence-corrected chi connectivity index (χ4v) is 0.765. The number of hydrogen-bond acceptors (Lipinski definition) is 3. The van der Waals surface area contributed by atoms with Crippen LogP contribution < -0.4 is 10.3 Å². The number of nitrogens with one attached hydrogen (secondary N) is 1. The van der Waals surface area contributed by atoms with Crippen LogP contribution in [0.4, 0.5) is 0 Å². The summed E-state index contributed by atoms with van der Waals surface area (Å²) in [5, 5.41) is 0. The van der Waals surface area contributed by atoms with Crippen LogP contribution in [0.1, 0.15) is 6.92 Å². The van der Waals surface area contributed by atoms with Gasteiger partial charge >= 0.3 is 5.97 Å². The van der Waals surface area contributed by atoms with Gasteiger partial charge in [0, 0.05) is 12.3 Å². The van der Waals surface area contributed by atoms with Gasteiger partial charge in [0.2, 0.25) is 0 Å². The second kappa shape index (κ2) is 4.25. The molecule has 68 valence electrons. The fraction of sp³-hybridized carbons (Fsp3) is 0.111. The van der Waals surface area contributed by atoms with Gasteiger partial charge in [-0.25, -0.2) is 4.79 Å². The number of aromatic amines is 1. The zero-order chi connectivity index (χ0) is 9.68. The molecule has 0 aliphatic rings. The van der Waals surface area contributed by atoms with Crippen molar-refractivity contribution in [3.8, 4) is 5.75 Å². The maximum Gasteiger partial charge on any atom is 0.336 e. The number of carbonyl (C=O) groups is 1. The first-order chi connectivity index (χ1) is 6.24. The van der Waals surface area contributed by atoms with Crippen LogP contribution in [0.15, 0.2) is 35.3 Å². The van der Waals surface area contributed by atoms with Gasteiger partial charge in [0.05, 0.1) is 0 Å². The number of rotatable bonds is 2. The Kier molecular flexibility index (Phi) is 3.03. The van der Waals surface area contributed by atoms with E-state index in [1.807, 2.05) is 0 Å². The van der Waals surface area contributed by atoms with E-state index >= 15 is 0 Å². The summed E-state index contributed by atoms with van der Waals surface area (Å²) in [6.45, 7) is 1.69. The molecule has 0 atom stereocenters. The van der Waals surface area contributed by atoms with Crippen LogP contribution in [0, 0.1) is 0 Å². The number of hydrogen-bond donors (Lipinski definition) is 1. The average molecular weight is 179 g/mol. The summed E-state index contributed by atoms with van der Waals surface area (Å²) in [5.41, 5.74) is -0.416. The summed E-state index contributed by atoms with van der Waals surface area (Å²) in [5.74, 6) is -0.551. The Bertz CT molecular complexity index is 378. The molecule has 0 saturated heterocycles. The Morgan fingerprint density at radius 2 is 2.38 bits per heavy atom. The summed E-state index contributed by atoms with van der Waals surface area (Å²) in [4.78, 5) is 24.3. The second-order valence-corrected chi connectivity index (χ2v) is 2.28. The van der Waals surface area contributed by atoms with Crippen molar-refractivity contribution in [3.63, 3.8) is 0 Å². The van der Waals surface area contributed by atoms with E-state index in [1.165, 1.54) is 18.3 Å². The average Bonchev–Trinajstić information content (AvgIpc) is 2.09. The Morgan fingerprint density at radius 1 is 1.62 bits per heavy atom. The molecule has 1 N–H and O–H groups in total. The van der Waals surface area contributed by atoms with Crippen LogP contribution in [0.3, 0.4) is 0 Å². The summed E-state index contributed by atoms with van der Waals surface area (Å²) < 4.78 is 4.72. The topological polar surface area (TPSA) is 59.2 Å². The van der Waals surface area contributed by atoms with Gasteiger partial charge in [-0.3, -0.25) is 4.79 Å². The molecule has 0 aliphatic carbocycles. The molecule has 0 radical (unpaired) electrons. The standard InChI is InChI=1S/C9H9NO3/c1-2-4-8(11)13-7-5-3-6-10-9(7)12/h2-6H,1H3,(H,10,12)/b4-2-. The van der Waals surface area contributed by atoms with Crippen molar-refractivity contribution in [1.29, 1.82) is 0 Å². The van der Waals surface area contributed by atoms with E-state index < -0.39 is 11.5 Å². The largest absolute Gasteiger partial charge is 0.417 e. The smallest absolute Gasteiger partial charge is 0.336 e. The molecule has 0 aromatic carbocycles. The highest BCUT2D eigenvalue weighted by Crippen LogP contribution is 1.99. The maximum atomic E-state index is 11.0. The third-order valence-corrected chi connectivity index (χ3v) is 1.30. The lowest BCUT2D eigenvalue weighted by molar-refractivity contribution is -0.129. The van der Waals surface area contributed by atoms with Crippen molar-refractivity contribution in [1.82, 2.24) is 4.98 Å². The fourth-order valence-electron chi connectivity index (χ4n) is 0.765. The number of pyridine rings is 1. The maximum absolute atomic E-state index is 11.0. The van der Waals surface area contributed by atoms with Crippen LogP contribution in [0.2, 0.25) is 0 Å². The number of allylic oxidation sites excluding steroid dienone is 1. The number of H-pyrrole nitrogens is 1. The molecular formula is C9H9NO3. The summed E-state index contributed by atoms with van der Waals surface area (Å²) in [6, 6.07) is 3.01. The third kappa shape index (κ3) is 2.59. The number of ether oxygens (including phenoxy) is 1. The minimum Gasteiger partial charge on any atom is -0.417 e. The van der Waals surface area contributed by atoms with Gasteiger partial charge in [0.1, 0.15) is 0 Å². The van der Waals surface area contributed by atoms with Crippen LogP contribution in [-0.4, -0.2) is 11.0 Å². The molecule has 1 rings (SSSR count). The van der Waals surface area contributed by atoms with Crippen molar-refractivity contribution in [2.75, 3.05) is 0 Å². The number of aromatic nitrogens is 1. The van der Waals surface area contributed by atoms with Crippen LogP contribution in [0.5, 0.6) is 5.75 Å². The first kappa shape index (κ1) is 9.25. The predicted molar refractivity (Wildman–Crippen MR) is 47.5 cm³/mol. The highest BCUT2D eigenvalue weighted by Gasteiger charge is 2.02. The van der Waals surface area contributed by atoms with E-state index in [0.29, 0.717) is 0 Å². The van der Waals surface area contributed by atoms with Gasteiger partial charge < -0.3 is 9.72 Å². The van der Waals surface area contributed by atoms with Crippen LogP contribution >= 0.6 is 0 Å². The molecule has 1 heterocycles. The van der Waals surface area contributed by atoms with E-state index in [2.05, 4.69) is 4.98 Å². The van der Waals surface area contributed by atoms with Gasteiger partial charge in [-0.1, -0.05) is 6.08 Å². The van der Waals surface area contributed by atoms with E-state index in [9.17, 15) is 9.59 Å². The lowest BCUT2D eigenvalue weighted by Gasteiger charge is -1.97. The first-order valence-electron chi connectivity index (χ1n) is 3.76. The minimum absolute atomic E-state index is 0.00519. The highest BCUT2D eigenvalue weighted by molar-refractivity contribution is 5.83. The molecule has 0 spiro atoms. The summed E-state index contributed by atoms with van der Waals surface area (Å²) >= 11 is 0. The van der Waals surface area contributed by atoms with Crippen LogP contribution in [-0.2, 0) is 4.79 Å². The van der Waals surface area contributed by atoms with Crippen molar-refractivity contribution in [2.24, 2.45) is 0 Å². The van der Waals surface area contributed by atoms with E-state index in [0.717, 1.165) is 0 Å². The Balaban J connectivity index is 2.81. The Labute approximate surface area is 74.9 Å². The highest BCUT2D eigenvalue weighted by atomic mass is 16.5. The van der Waals surface area contributed by atoms with Crippen molar-refractivity contribution < 1.29 is 9.53 Å². The van der Waals surface area contributed by atoms with Crippen molar-refractivity contribution in [2.45, 2.75) is 6.92 Å². The van der Waals surface area contributed by atoms with E-state index in [1.54, 1.807) is 19.1 Å². The molecular weight excluding hydrogens is 170 g/mol. The molecule has 0 fully saturated rings.